The third-order valence-electron chi connectivity index (χ3n) is 2.20. The summed E-state index contributed by atoms with van der Waals surface area (Å²) < 4.78 is 2.50. The largest absolute Gasteiger partial charge is 0.337 e. The molecule has 2 amide bonds. The maximum Gasteiger partial charge on any atom is 0.323 e. The second-order valence-corrected chi connectivity index (χ2v) is 3.75. The van der Waals surface area contributed by atoms with E-state index in [2.05, 4.69) is 14.9 Å². The second-order valence-electron chi connectivity index (χ2n) is 3.21. The highest BCUT2D eigenvalue weighted by atomic mass is 127. The number of allylic oxidation sites excluding steroid dienone is 1. The standard InChI is InChI=1S/C9H15IN2O/c10-12-9(13)11-7-6-8-4-2-1-3-5-8/h4H,1-3,5-7H2,(H2,11,12,13). The number of hydrogen-bond acceptors (Lipinski definition) is 1. The van der Waals surface area contributed by atoms with E-state index in [-0.39, 0.29) is 6.03 Å². The van der Waals surface area contributed by atoms with Crippen molar-refractivity contribution in [3.8, 4) is 0 Å². The molecule has 1 rings (SSSR count). The van der Waals surface area contributed by atoms with Gasteiger partial charge in [-0.25, -0.2) is 4.79 Å². The maximum atomic E-state index is 10.8. The second kappa shape index (κ2) is 6.23. The van der Waals surface area contributed by atoms with E-state index in [1.54, 1.807) is 0 Å². The fourth-order valence-corrected chi connectivity index (χ4v) is 1.69. The molecule has 1 aliphatic rings. The van der Waals surface area contributed by atoms with E-state index in [1.165, 1.54) is 31.3 Å². The molecule has 1 aliphatic carbocycles. The molecule has 0 radical (unpaired) electrons. The van der Waals surface area contributed by atoms with Gasteiger partial charge in [-0.05, 0) is 32.1 Å². The van der Waals surface area contributed by atoms with Gasteiger partial charge in [-0.3, -0.25) is 3.53 Å². The lowest BCUT2D eigenvalue weighted by atomic mass is 9.97. The van der Waals surface area contributed by atoms with Crippen LogP contribution in [0, 0.1) is 0 Å². The van der Waals surface area contributed by atoms with Crippen molar-refractivity contribution in [1.29, 1.82) is 0 Å². The number of carbonyl (C=O) groups excluding carboxylic acids is 1. The Labute approximate surface area is 92.8 Å². The number of halogens is 1. The molecule has 74 valence electrons. The van der Waals surface area contributed by atoms with Gasteiger partial charge in [0.15, 0.2) is 0 Å². The van der Waals surface area contributed by atoms with Crippen LogP contribution in [0.3, 0.4) is 0 Å². The first kappa shape index (κ1) is 10.8. The summed E-state index contributed by atoms with van der Waals surface area (Å²) in [5.74, 6) is 0. The van der Waals surface area contributed by atoms with Crippen LogP contribution in [0.1, 0.15) is 32.1 Å². The van der Waals surface area contributed by atoms with E-state index < -0.39 is 0 Å². The fraction of sp³-hybridized carbons (Fsp3) is 0.667. The van der Waals surface area contributed by atoms with E-state index in [4.69, 9.17) is 0 Å². The number of rotatable bonds is 3. The Hall–Kier alpha value is -0.260. The molecule has 2 N–H and O–H groups in total. The van der Waals surface area contributed by atoms with Crippen molar-refractivity contribution < 1.29 is 4.79 Å². The Morgan fingerprint density at radius 3 is 3.00 bits per heavy atom. The first-order chi connectivity index (χ1) is 6.33. The highest BCUT2D eigenvalue weighted by Crippen LogP contribution is 2.19. The lowest BCUT2D eigenvalue weighted by Gasteiger charge is -2.12. The van der Waals surface area contributed by atoms with Gasteiger partial charge in [-0.1, -0.05) is 11.6 Å². The molecule has 0 bridgehead atoms. The molecule has 0 aromatic heterocycles. The van der Waals surface area contributed by atoms with Crippen LogP contribution in [0.5, 0.6) is 0 Å². The molecule has 0 saturated heterocycles. The highest BCUT2D eigenvalue weighted by molar-refractivity contribution is 14.1. The molecule has 0 spiro atoms. The minimum absolute atomic E-state index is 0.1000. The first-order valence-electron chi connectivity index (χ1n) is 4.65. The topological polar surface area (TPSA) is 41.1 Å². The quantitative estimate of drug-likeness (QED) is 0.469. The summed E-state index contributed by atoms with van der Waals surface area (Å²) in [4.78, 5) is 10.8. The molecule has 0 atom stereocenters. The summed E-state index contributed by atoms with van der Waals surface area (Å²) in [5.41, 5.74) is 1.50. The van der Waals surface area contributed by atoms with E-state index in [0.29, 0.717) is 0 Å². The molecule has 0 saturated carbocycles. The molecule has 3 nitrogen and oxygen atoms in total. The third-order valence-corrected chi connectivity index (χ3v) is 2.69. The van der Waals surface area contributed by atoms with Crippen LogP contribution in [0.4, 0.5) is 4.79 Å². The highest BCUT2D eigenvalue weighted by Gasteiger charge is 2.03. The number of carbonyl (C=O) groups is 1. The summed E-state index contributed by atoms with van der Waals surface area (Å²) in [6, 6.07) is -0.1000. The van der Waals surface area contributed by atoms with Crippen LogP contribution in [0.25, 0.3) is 0 Å². The van der Waals surface area contributed by atoms with Crippen molar-refractivity contribution in [3.63, 3.8) is 0 Å². The van der Waals surface area contributed by atoms with E-state index in [9.17, 15) is 4.79 Å². The molecule has 0 unspecified atom stereocenters. The third kappa shape index (κ3) is 4.50. The summed E-state index contributed by atoms with van der Waals surface area (Å²) >= 11 is 1.83. The Morgan fingerprint density at radius 2 is 2.38 bits per heavy atom. The van der Waals surface area contributed by atoms with Crippen molar-refractivity contribution in [3.05, 3.63) is 11.6 Å². The molecule has 0 fully saturated rings. The van der Waals surface area contributed by atoms with Crippen molar-refractivity contribution >= 4 is 28.9 Å². The van der Waals surface area contributed by atoms with Crippen molar-refractivity contribution in [1.82, 2.24) is 8.85 Å². The number of hydrogen-bond donors (Lipinski definition) is 2. The van der Waals surface area contributed by atoms with Gasteiger partial charge in [-0.2, -0.15) is 0 Å². The Morgan fingerprint density at radius 1 is 1.54 bits per heavy atom. The summed E-state index contributed by atoms with van der Waals surface area (Å²) in [7, 11) is 0. The van der Waals surface area contributed by atoms with Gasteiger partial charge in [0.1, 0.15) is 0 Å². The number of urea groups is 1. The normalized spacial score (nSPS) is 16.2. The Kier molecular flexibility index (Phi) is 5.19. The summed E-state index contributed by atoms with van der Waals surface area (Å²) in [6.07, 6.45) is 8.38. The number of amides is 2. The summed E-state index contributed by atoms with van der Waals surface area (Å²) in [5, 5.41) is 2.78. The van der Waals surface area contributed by atoms with Crippen LogP contribution >= 0.6 is 22.9 Å². The van der Waals surface area contributed by atoms with Crippen molar-refractivity contribution in [2.45, 2.75) is 32.1 Å². The van der Waals surface area contributed by atoms with Crippen LogP contribution in [-0.2, 0) is 0 Å². The lowest BCUT2D eigenvalue weighted by Crippen LogP contribution is -2.30. The zero-order chi connectivity index (χ0) is 9.52. The fourth-order valence-electron chi connectivity index (χ4n) is 1.50. The average Bonchev–Trinajstić information content (AvgIpc) is 2.19. The molecule has 0 aliphatic heterocycles. The van der Waals surface area contributed by atoms with Crippen molar-refractivity contribution in [2.24, 2.45) is 0 Å². The monoisotopic (exact) mass is 294 g/mol. The van der Waals surface area contributed by atoms with E-state index in [0.717, 1.165) is 13.0 Å². The van der Waals surface area contributed by atoms with Gasteiger partial charge in [-0.15, -0.1) is 0 Å². The minimum atomic E-state index is -0.1000. The molecule has 0 aromatic rings. The van der Waals surface area contributed by atoms with Crippen LogP contribution < -0.4 is 8.85 Å². The minimum Gasteiger partial charge on any atom is -0.337 e. The van der Waals surface area contributed by atoms with Gasteiger partial charge in [0.05, 0.1) is 22.9 Å². The number of nitrogens with one attached hydrogen (secondary N) is 2. The zero-order valence-corrected chi connectivity index (χ0v) is 9.76. The Bertz CT molecular complexity index is 204. The molecule has 0 heterocycles. The van der Waals surface area contributed by atoms with Gasteiger partial charge in [0, 0.05) is 6.54 Å². The predicted octanol–water partition coefficient (Wildman–Crippen LogP) is 2.53. The molecule has 0 aromatic carbocycles. The molecular weight excluding hydrogens is 279 g/mol. The SMILES string of the molecule is O=C(NI)NCCC1=CCCCC1. The predicted molar refractivity (Wildman–Crippen MR) is 61.7 cm³/mol. The Balaban J connectivity index is 2.11. The molecule has 4 heteroatoms. The zero-order valence-electron chi connectivity index (χ0n) is 7.61. The molecule has 13 heavy (non-hydrogen) atoms. The summed E-state index contributed by atoms with van der Waals surface area (Å²) in [6.45, 7) is 0.751. The van der Waals surface area contributed by atoms with Gasteiger partial charge in [0.2, 0.25) is 0 Å². The van der Waals surface area contributed by atoms with E-state index in [1.807, 2.05) is 22.9 Å². The van der Waals surface area contributed by atoms with Crippen LogP contribution in [0.2, 0.25) is 0 Å². The first-order valence-corrected chi connectivity index (χ1v) is 5.73. The van der Waals surface area contributed by atoms with Gasteiger partial charge in [0.25, 0.3) is 0 Å². The van der Waals surface area contributed by atoms with Crippen LogP contribution in [0.15, 0.2) is 11.6 Å². The maximum absolute atomic E-state index is 10.8. The van der Waals surface area contributed by atoms with E-state index >= 15 is 0 Å². The van der Waals surface area contributed by atoms with Gasteiger partial charge >= 0.3 is 6.03 Å². The van der Waals surface area contributed by atoms with Crippen molar-refractivity contribution in [2.75, 3.05) is 6.54 Å². The lowest BCUT2D eigenvalue weighted by molar-refractivity contribution is 0.247. The average molecular weight is 294 g/mol. The smallest absolute Gasteiger partial charge is 0.323 e. The molecular formula is C9H15IN2O. The van der Waals surface area contributed by atoms with Crippen LogP contribution in [-0.4, -0.2) is 12.6 Å². The van der Waals surface area contributed by atoms with Gasteiger partial charge < -0.3 is 5.32 Å².